The number of pyridine rings is 1. The number of hydrogen-bond acceptors (Lipinski definition) is 4. The standard InChI is InChI=1S/C14H13IN4O/c15-12-3-5-13(6-4-12)17-10-14(20)19-18-9-11-2-1-7-16-8-11/h1-9,17H,10H2,(H,19,20). The largest absolute Gasteiger partial charge is 0.376 e. The van der Waals surface area contributed by atoms with Crippen LogP contribution in [0, 0.1) is 3.57 Å². The summed E-state index contributed by atoms with van der Waals surface area (Å²) in [5, 5.41) is 6.88. The average Bonchev–Trinajstić information content (AvgIpc) is 2.48. The van der Waals surface area contributed by atoms with Crippen molar-refractivity contribution < 1.29 is 4.79 Å². The summed E-state index contributed by atoms with van der Waals surface area (Å²) in [7, 11) is 0. The summed E-state index contributed by atoms with van der Waals surface area (Å²) >= 11 is 2.23. The molecule has 0 saturated heterocycles. The Bertz CT molecular complexity index is 584. The monoisotopic (exact) mass is 380 g/mol. The smallest absolute Gasteiger partial charge is 0.259 e. The summed E-state index contributed by atoms with van der Waals surface area (Å²) in [5.41, 5.74) is 4.18. The van der Waals surface area contributed by atoms with Crippen LogP contribution < -0.4 is 10.7 Å². The lowest BCUT2D eigenvalue weighted by Crippen LogP contribution is -2.25. The van der Waals surface area contributed by atoms with E-state index < -0.39 is 0 Å². The Balaban J connectivity index is 1.76. The third-order valence-corrected chi connectivity index (χ3v) is 3.10. The van der Waals surface area contributed by atoms with Crippen LogP contribution in [0.1, 0.15) is 5.56 Å². The fourth-order valence-corrected chi connectivity index (χ4v) is 1.78. The van der Waals surface area contributed by atoms with E-state index in [-0.39, 0.29) is 12.5 Å². The molecule has 0 aliphatic carbocycles. The molecule has 0 unspecified atom stereocenters. The van der Waals surface area contributed by atoms with Crippen LogP contribution in [0.4, 0.5) is 5.69 Å². The Kier molecular flexibility index (Phi) is 5.48. The first kappa shape index (κ1) is 14.4. The summed E-state index contributed by atoms with van der Waals surface area (Å²) in [6.45, 7) is 0.172. The molecule has 102 valence electrons. The van der Waals surface area contributed by atoms with Crippen molar-refractivity contribution in [2.75, 3.05) is 11.9 Å². The van der Waals surface area contributed by atoms with E-state index in [9.17, 15) is 4.79 Å². The van der Waals surface area contributed by atoms with Gasteiger partial charge in [0.1, 0.15) is 0 Å². The second-order valence-corrected chi connectivity index (χ2v) is 5.19. The first-order valence-corrected chi connectivity index (χ1v) is 7.03. The number of carbonyl (C=O) groups excluding carboxylic acids is 1. The fourth-order valence-electron chi connectivity index (χ4n) is 1.42. The fraction of sp³-hybridized carbons (Fsp3) is 0.0714. The minimum atomic E-state index is -0.205. The molecule has 20 heavy (non-hydrogen) atoms. The van der Waals surface area contributed by atoms with Gasteiger partial charge in [-0.05, 0) is 52.9 Å². The van der Waals surface area contributed by atoms with Gasteiger partial charge < -0.3 is 5.32 Å². The van der Waals surface area contributed by atoms with E-state index in [0.29, 0.717) is 0 Å². The van der Waals surface area contributed by atoms with Crippen LogP contribution in [0.3, 0.4) is 0 Å². The van der Waals surface area contributed by atoms with E-state index in [0.717, 1.165) is 14.8 Å². The number of anilines is 1. The molecule has 5 nitrogen and oxygen atoms in total. The van der Waals surface area contributed by atoms with E-state index >= 15 is 0 Å². The molecular weight excluding hydrogens is 367 g/mol. The highest BCUT2D eigenvalue weighted by Crippen LogP contribution is 2.10. The van der Waals surface area contributed by atoms with Crippen LogP contribution >= 0.6 is 22.6 Å². The molecule has 0 spiro atoms. The maximum atomic E-state index is 11.6. The quantitative estimate of drug-likeness (QED) is 0.475. The highest BCUT2D eigenvalue weighted by atomic mass is 127. The molecule has 0 radical (unpaired) electrons. The van der Waals surface area contributed by atoms with Crippen molar-refractivity contribution in [3.05, 3.63) is 57.9 Å². The molecule has 2 N–H and O–H groups in total. The third kappa shape index (κ3) is 4.96. The number of nitrogens with zero attached hydrogens (tertiary/aromatic N) is 2. The number of aromatic nitrogens is 1. The van der Waals surface area contributed by atoms with E-state index in [1.165, 1.54) is 0 Å². The van der Waals surface area contributed by atoms with Gasteiger partial charge in [-0.25, -0.2) is 5.43 Å². The Morgan fingerprint density at radius 1 is 1.30 bits per heavy atom. The summed E-state index contributed by atoms with van der Waals surface area (Å²) in [6.07, 6.45) is 4.90. The molecule has 0 saturated carbocycles. The van der Waals surface area contributed by atoms with Crippen molar-refractivity contribution in [1.82, 2.24) is 10.4 Å². The highest BCUT2D eigenvalue weighted by Gasteiger charge is 1.99. The van der Waals surface area contributed by atoms with Crippen molar-refractivity contribution >= 4 is 40.4 Å². The molecule has 1 aromatic heterocycles. The zero-order chi connectivity index (χ0) is 14.2. The lowest BCUT2D eigenvalue weighted by molar-refractivity contribution is -0.119. The molecule has 6 heteroatoms. The Morgan fingerprint density at radius 2 is 2.10 bits per heavy atom. The summed E-state index contributed by atoms with van der Waals surface area (Å²) in [6, 6.07) is 11.5. The van der Waals surface area contributed by atoms with Gasteiger partial charge in [-0.2, -0.15) is 5.10 Å². The van der Waals surface area contributed by atoms with Crippen molar-refractivity contribution in [3.8, 4) is 0 Å². The first-order chi connectivity index (χ1) is 9.74. The van der Waals surface area contributed by atoms with Gasteiger partial charge in [-0.3, -0.25) is 9.78 Å². The maximum absolute atomic E-state index is 11.6. The molecule has 1 heterocycles. The van der Waals surface area contributed by atoms with Crippen LogP contribution in [0.25, 0.3) is 0 Å². The summed E-state index contributed by atoms with van der Waals surface area (Å²) in [5.74, 6) is -0.205. The van der Waals surface area contributed by atoms with E-state index in [1.54, 1.807) is 18.6 Å². The number of nitrogens with one attached hydrogen (secondary N) is 2. The van der Waals surface area contributed by atoms with E-state index in [1.807, 2.05) is 36.4 Å². The molecule has 2 rings (SSSR count). The van der Waals surface area contributed by atoms with Crippen molar-refractivity contribution in [3.63, 3.8) is 0 Å². The number of halogens is 1. The topological polar surface area (TPSA) is 66.4 Å². The number of benzene rings is 1. The second-order valence-electron chi connectivity index (χ2n) is 3.94. The lowest BCUT2D eigenvalue weighted by atomic mass is 10.3. The number of hydrogen-bond donors (Lipinski definition) is 2. The summed E-state index contributed by atoms with van der Waals surface area (Å²) < 4.78 is 1.15. The Hall–Kier alpha value is -1.96. The zero-order valence-corrected chi connectivity index (χ0v) is 12.7. The van der Waals surface area contributed by atoms with Gasteiger partial charge in [0, 0.05) is 27.2 Å². The van der Waals surface area contributed by atoms with E-state index in [2.05, 4.69) is 43.4 Å². The number of carbonyl (C=O) groups is 1. The number of rotatable bonds is 5. The van der Waals surface area contributed by atoms with Gasteiger partial charge in [0.05, 0.1) is 12.8 Å². The molecule has 0 atom stereocenters. The minimum absolute atomic E-state index is 0.172. The van der Waals surface area contributed by atoms with Gasteiger partial charge in [0.15, 0.2) is 0 Å². The zero-order valence-electron chi connectivity index (χ0n) is 10.6. The van der Waals surface area contributed by atoms with Crippen LogP contribution in [0.15, 0.2) is 53.9 Å². The molecule has 0 bridgehead atoms. The van der Waals surface area contributed by atoms with Crippen LogP contribution in [0.2, 0.25) is 0 Å². The van der Waals surface area contributed by atoms with Crippen LogP contribution in [-0.2, 0) is 4.79 Å². The second kappa shape index (κ2) is 7.59. The van der Waals surface area contributed by atoms with Crippen molar-refractivity contribution in [2.45, 2.75) is 0 Å². The predicted molar refractivity (Wildman–Crippen MR) is 87.6 cm³/mol. The molecule has 2 aromatic rings. The maximum Gasteiger partial charge on any atom is 0.259 e. The summed E-state index contributed by atoms with van der Waals surface area (Å²) in [4.78, 5) is 15.5. The molecular formula is C14H13IN4O. The van der Waals surface area contributed by atoms with Gasteiger partial charge >= 0.3 is 0 Å². The molecule has 1 aromatic carbocycles. The van der Waals surface area contributed by atoms with Gasteiger partial charge in [-0.15, -0.1) is 0 Å². The molecule has 0 aliphatic rings. The van der Waals surface area contributed by atoms with Gasteiger partial charge in [0.2, 0.25) is 0 Å². The third-order valence-electron chi connectivity index (χ3n) is 2.38. The minimum Gasteiger partial charge on any atom is -0.376 e. The van der Waals surface area contributed by atoms with Crippen LogP contribution in [-0.4, -0.2) is 23.7 Å². The van der Waals surface area contributed by atoms with Gasteiger partial charge in [-0.1, -0.05) is 6.07 Å². The molecule has 1 amide bonds. The van der Waals surface area contributed by atoms with Crippen molar-refractivity contribution in [1.29, 1.82) is 0 Å². The van der Waals surface area contributed by atoms with Crippen LogP contribution in [0.5, 0.6) is 0 Å². The Morgan fingerprint density at radius 3 is 2.80 bits per heavy atom. The molecule has 0 fully saturated rings. The normalized spacial score (nSPS) is 10.4. The first-order valence-electron chi connectivity index (χ1n) is 5.95. The van der Waals surface area contributed by atoms with Gasteiger partial charge in [0.25, 0.3) is 5.91 Å². The Labute approximate surface area is 130 Å². The SMILES string of the molecule is O=C(CNc1ccc(I)cc1)NN=Cc1cccnc1. The lowest BCUT2D eigenvalue weighted by Gasteiger charge is -2.04. The molecule has 0 aliphatic heterocycles. The van der Waals surface area contributed by atoms with Crippen molar-refractivity contribution in [2.24, 2.45) is 5.10 Å². The number of amides is 1. The highest BCUT2D eigenvalue weighted by molar-refractivity contribution is 14.1. The van der Waals surface area contributed by atoms with E-state index in [4.69, 9.17) is 0 Å². The average molecular weight is 380 g/mol. The number of hydrazone groups is 1. The predicted octanol–water partition coefficient (Wildman–Crippen LogP) is 2.25.